The molecule has 2 aromatic carbocycles. The number of hydrogen-bond donors (Lipinski definition) is 1. The van der Waals surface area contributed by atoms with Gasteiger partial charge in [-0.2, -0.15) is 0 Å². The molecule has 0 bridgehead atoms. The topological polar surface area (TPSA) is 71.6 Å². The number of aromatic amines is 1. The minimum atomic E-state index is -0.187. The van der Waals surface area contributed by atoms with Gasteiger partial charge in [-0.25, -0.2) is 0 Å². The van der Waals surface area contributed by atoms with Crippen molar-refractivity contribution >= 4 is 22.6 Å². The first-order valence-electron chi connectivity index (χ1n) is 10.00. The Hall–Kier alpha value is -3.54. The van der Waals surface area contributed by atoms with Crippen molar-refractivity contribution in [1.29, 1.82) is 0 Å². The van der Waals surface area contributed by atoms with Gasteiger partial charge in [-0.1, -0.05) is 24.3 Å². The van der Waals surface area contributed by atoms with E-state index < -0.39 is 0 Å². The molecular formula is C24H20N2O4. The minimum absolute atomic E-state index is 0.0281. The molecule has 2 atom stereocenters. The van der Waals surface area contributed by atoms with Crippen LogP contribution in [0, 0.1) is 5.92 Å². The summed E-state index contributed by atoms with van der Waals surface area (Å²) in [6, 6.07) is 13.3. The number of amides is 1. The zero-order valence-electron chi connectivity index (χ0n) is 16.7. The number of methoxy groups -OCH3 is 2. The van der Waals surface area contributed by atoms with Gasteiger partial charge in [0.25, 0.3) is 5.91 Å². The number of hydrogen-bond acceptors (Lipinski definition) is 4. The maximum atomic E-state index is 13.5. The summed E-state index contributed by atoms with van der Waals surface area (Å²) in [5.41, 5.74) is 3.75. The molecule has 1 aromatic heterocycles. The molecule has 1 saturated heterocycles. The number of rotatable bonds is 3. The van der Waals surface area contributed by atoms with E-state index in [1.54, 1.807) is 31.3 Å². The maximum absolute atomic E-state index is 13.5. The predicted molar refractivity (Wildman–Crippen MR) is 111 cm³/mol. The van der Waals surface area contributed by atoms with Gasteiger partial charge in [-0.05, 0) is 36.1 Å². The van der Waals surface area contributed by atoms with Gasteiger partial charge in [-0.3, -0.25) is 9.59 Å². The summed E-state index contributed by atoms with van der Waals surface area (Å²) in [5, 5.41) is 0.790. The highest BCUT2D eigenvalue weighted by molar-refractivity contribution is 6.10. The SMILES string of the molecule is COc1ccc2[nH]c(C(=O)N3C[C@H]4C[C@@]45C3=CC(=O)c3ccccc35)cc2c1OC. The fourth-order valence-electron chi connectivity index (χ4n) is 5.37. The number of nitrogens with zero attached hydrogens (tertiary/aromatic N) is 1. The molecule has 1 aliphatic heterocycles. The lowest BCUT2D eigenvalue weighted by molar-refractivity contribution is 0.0806. The van der Waals surface area contributed by atoms with E-state index in [1.807, 2.05) is 36.4 Å². The number of piperidine rings is 1. The predicted octanol–water partition coefficient (Wildman–Crippen LogP) is 3.68. The highest BCUT2D eigenvalue weighted by Crippen LogP contribution is 2.66. The Morgan fingerprint density at radius 3 is 2.80 bits per heavy atom. The molecule has 1 spiro atoms. The van der Waals surface area contributed by atoms with Crippen molar-refractivity contribution in [3.05, 3.63) is 71.1 Å². The van der Waals surface area contributed by atoms with Crippen molar-refractivity contribution in [2.45, 2.75) is 11.8 Å². The number of carbonyl (C=O) groups excluding carboxylic acids is 2. The van der Waals surface area contributed by atoms with Crippen LogP contribution in [-0.4, -0.2) is 42.3 Å². The van der Waals surface area contributed by atoms with Crippen LogP contribution in [0.1, 0.15) is 32.8 Å². The maximum Gasteiger partial charge on any atom is 0.274 e. The average molecular weight is 400 g/mol. The molecule has 0 radical (unpaired) electrons. The summed E-state index contributed by atoms with van der Waals surface area (Å²) < 4.78 is 10.9. The summed E-state index contributed by atoms with van der Waals surface area (Å²) in [6.07, 6.45) is 2.66. The van der Waals surface area contributed by atoms with Crippen LogP contribution in [0.3, 0.4) is 0 Å². The lowest BCUT2D eigenvalue weighted by Gasteiger charge is -2.29. The smallest absolute Gasteiger partial charge is 0.274 e. The number of ether oxygens (including phenoxy) is 2. The third-order valence-corrected chi connectivity index (χ3v) is 6.81. The lowest BCUT2D eigenvalue weighted by Crippen LogP contribution is -2.33. The largest absolute Gasteiger partial charge is 0.493 e. The van der Waals surface area contributed by atoms with Gasteiger partial charge in [0.1, 0.15) is 5.69 Å². The number of likely N-dealkylation sites (tertiary alicyclic amines) is 1. The Balaban J connectivity index is 1.42. The van der Waals surface area contributed by atoms with E-state index in [-0.39, 0.29) is 17.1 Å². The number of nitrogens with one attached hydrogen (secondary N) is 1. The van der Waals surface area contributed by atoms with E-state index in [1.165, 1.54) is 0 Å². The Bertz CT molecular complexity index is 1290. The van der Waals surface area contributed by atoms with Crippen molar-refractivity contribution in [2.24, 2.45) is 5.92 Å². The first-order valence-corrected chi connectivity index (χ1v) is 10.00. The first-order chi connectivity index (χ1) is 14.6. The van der Waals surface area contributed by atoms with E-state index in [0.717, 1.165) is 34.1 Å². The van der Waals surface area contributed by atoms with Crippen LogP contribution < -0.4 is 9.47 Å². The Morgan fingerprint density at radius 2 is 2.00 bits per heavy atom. The van der Waals surface area contributed by atoms with Crippen LogP contribution in [-0.2, 0) is 5.41 Å². The highest BCUT2D eigenvalue weighted by atomic mass is 16.5. The molecule has 1 N–H and O–H groups in total. The quantitative estimate of drug-likeness (QED) is 0.728. The number of H-pyrrole nitrogens is 1. The summed E-state index contributed by atoms with van der Waals surface area (Å²) in [6.45, 7) is 0.627. The molecule has 6 rings (SSSR count). The van der Waals surface area contributed by atoms with Crippen LogP contribution in [0.2, 0.25) is 0 Å². The molecule has 1 amide bonds. The van der Waals surface area contributed by atoms with E-state index in [0.29, 0.717) is 29.7 Å². The van der Waals surface area contributed by atoms with Crippen LogP contribution in [0.4, 0.5) is 0 Å². The van der Waals surface area contributed by atoms with Crippen molar-refractivity contribution in [3.8, 4) is 11.5 Å². The molecule has 2 heterocycles. The second-order valence-electron chi connectivity index (χ2n) is 8.17. The lowest BCUT2D eigenvalue weighted by atomic mass is 9.81. The number of ketones is 1. The zero-order valence-corrected chi connectivity index (χ0v) is 16.7. The molecule has 2 fully saturated rings. The molecule has 6 heteroatoms. The Labute approximate surface area is 173 Å². The fourth-order valence-corrected chi connectivity index (χ4v) is 5.37. The van der Waals surface area contributed by atoms with Crippen molar-refractivity contribution in [2.75, 3.05) is 20.8 Å². The van der Waals surface area contributed by atoms with Crippen LogP contribution in [0.15, 0.2) is 54.2 Å². The minimum Gasteiger partial charge on any atom is -0.493 e. The molecule has 3 aliphatic rings. The normalized spacial score (nSPS) is 23.5. The van der Waals surface area contributed by atoms with Crippen molar-refractivity contribution in [1.82, 2.24) is 9.88 Å². The molecule has 1 saturated carbocycles. The summed E-state index contributed by atoms with van der Waals surface area (Å²) in [5.74, 6) is 1.41. The first kappa shape index (κ1) is 17.3. The van der Waals surface area contributed by atoms with Crippen molar-refractivity contribution < 1.29 is 19.1 Å². The Morgan fingerprint density at radius 1 is 1.17 bits per heavy atom. The van der Waals surface area contributed by atoms with Gasteiger partial charge in [0.05, 0.1) is 19.7 Å². The van der Waals surface area contributed by atoms with Gasteiger partial charge in [-0.15, -0.1) is 0 Å². The monoisotopic (exact) mass is 400 g/mol. The number of fused-ring (bicyclic) bond motifs is 2. The van der Waals surface area contributed by atoms with Gasteiger partial charge in [0.2, 0.25) is 0 Å². The van der Waals surface area contributed by atoms with Crippen LogP contribution in [0.5, 0.6) is 11.5 Å². The zero-order chi connectivity index (χ0) is 20.6. The third-order valence-electron chi connectivity index (χ3n) is 6.81. The van der Waals surface area contributed by atoms with Crippen LogP contribution >= 0.6 is 0 Å². The number of aromatic nitrogens is 1. The van der Waals surface area contributed by atoms with E-state index in [2.05, 4.69) is 4.98 Å². The van der Waals surface area contributed by atoms with Crippen LogP contribution in [0.25, 0.3) is 10.9 Å². The van der Waals surface area contributed by atoms with Gasteiger partial charge in [0.15, 0.2) is 17.3 Å². The van der Waals surface area contributed by atoms with Gasteiger partial charge >= 0.3 is 0 Å². The molecule has 30 heavy (non-hydrogen) atoms. The number of benzene rings is 2. The second-order valence-corrected chi connectivity index (χ2v) is 8.17. The Kier molecular flexibility index (Phi) is 3.32. The fraction of sp³-hybridized carbons (Fsp3) is 0.250. The van der Waals surface area contributed by atoms with E-state index in [4.69, 9.17) is 9.47 Å². The summed E-state index contributed by atoms with van der Waals surface area (Å²) >= 11 is 0. The molecule has 3 aromatic rings. The van der Waals surface area contributed by atoms with Crippen molar-refractivity contribution in [3.63, 3.8) is 0 Å². The second kappa shape index (κ2) is 5.75. The number of allylic oxidation sites excluding steroid dienone is 2. The van der Waals surface area contributed by atoms with Gasteiger partial charge in [0, 0.05) is 34.7 Å². The molecule has 0 unspecified atom stereocenters. The van der Waals surface area contributed by atoms with E-state index in [9.17, 15) is 9.59 Å². The summed E-state index contributed by atoms with van der Waals surface area (Å²) in [4.78, 5) is 31.2. The summed E-state index contributed by atoms with van der Waals surface area (Å²) in [7, 11) is 3.17. The molecule has 150 valence electrons. The molecular weight excluding hydrogens is 380 g/mol. The van der Waals surface area contributed by atoms with E-state index >= 15 is 0 Å². The van der Waals surface area contributed by atoms with Gasteiger partial charge < -0.3 is 19.4 Å². The third kappa shape index (κ3) is 2.03. The highest BCUT2D eigenvalue weighted by Gasteiger charge is 2.67. The standard InChI is InChI=1S/C24H20N2O4/c1-29-20-8-7-17-15(22(20)30-2)9-18(25-17)23(28)26-12-13-11-24(13)16-6-4-3-5-14(16)19(27)10-21(24)26/h3-10,13,25H,11-12H2,1-2H3/t13-,24-/m1/s1. The molecule has 2 aliphatic carbocycles. The average Bonchev–Trinajstić information content (AvgIpc) is 3.15. The number of carbonyl (C=O) groups is 2. The molecule has 6 nitrogen and oxygen atoms in total.